The second-order valence-corrected chi connectivity index (χ2v) is 4.21. The van der Waals surface area contributed by atoms with Crippen molar-refractivity contribution in [2.45, 2.75) is 25.8 Å². The van der Waals surface area contributed by atoms with Crippen LogP contribution in [0.3, 0.4) is 0 Å². The topological polar surface area (TPSA) is 38.3 Å². The molecule has 1 aliphatic rings. The highest BCUT2D eigenvalue weighted by molar-refractivity contribution is 5.89. The van der Waals surface area contributed by atoms with Crippen molar-refractivity contribution in [3.05, 3.63) is 34.9 Å². The maximum atomic E-state index is 11.4. The Hall–Kier alpha value is -1.35. The Morgan fingerprint density at radius 1 is 1.50 bits per heavy atom. The van der Waals surface area contributed by atoms with E-state index in [2.05, 4.69) is 5.32 Å². The monoisotopic (exact) mass is 219 g/mol. The number of ether oxygens (including phenoxy) is 1. The fraction of sp³-hybridized carbons (Fsp3) is 0.462. The molecular weight excluding hydrogens is 202 g/mol. The van der Waals surface area contributed by atoms with E-state index in [0.717, 1.165) is 12.1 Å². The molecule has 86 valence electrons. The Morgan fingerprint density at radius 3 is 2.88 bits per heavy atom. The summed E-state index contributed by atoms with van der Waals surface area (Å²) in [6, 6.07) is 6.23. The van der Waals surface area contributed by atoms with Crippen molar-refractivity contribution in [3.8, 4) is 0 Å². The van der Waals surface area contributed by atoms with Gasteiger partial charge in [0.1, 0.15) is 0 Å². The number of aryl methyl sites for hydroxylation is 1. The minimum atomic E-state index is -0.269. The Labute approximate surface area is 95.8 Å². The van der Waals surface area contributed by atoms with E-state index in [9.17, 15) is 4.79 Å². The Bertz CT molecular complexity index is 395. The van der Waals surface area contributed by atoms with E-state index in [-0.39, 0.29) is 5.97 Å². The number of nitrogens with one attached hydrogen (secondary N) is 1. The van der Waals surface area contributed by atoms with Crippen LogP contribution in [0.4, 0.5) is 0 Å². The van der Waals surface area contributed by atoms with Gasteiger partial charge in [0.2, 0.25) is 0 Å². The molecule has 1 heterocycles. The molecule has 0 bridgehead atoms. The zero-order valence-electron chi connectivity index (χ0n) is 9.75. The number of rotatable bonds is 2. The van der Waals surface area contributed by atoms with Crippen LogP contribution < -0.4 is 5.32 Å². The van der Waals surface area contributed by atoms with Crippen LogP contribution in [0.15, 0.2) is 18.2 Å². The summed E-state index contributed by atoms with van der Waals surface area (Å²) in [5.41, 5.74) is 3.08. The quantitative estimate of drug-likeness (QED) is 0.775. The van der Waals surface area contributed by atoms with E-state index in [1.807, 2.05) is 25.1 Å². The number of methoxy groups -OCH3 is 1. The largest absolute Gasteiger partial charge is 0.465 e. The van der Waals surface area contributed by atoms with Gasteiger partial charge in [-0.1, -0.05) is 6.07 Å². The highest BCUT2D eigenvalue weighted by Gasteiger charge is 2.18. The molecule has 1 aliphatic heterocycles. The molecule has 3 heteroatoms. The fourth-order valence-corrected chi connectivity index (χ4v) is 2.26. The van der Waals surface area contributed by atoms with Gasteiger partial charge in [0.05, 0.1) is 12.7 Å². The van der Waals surface area contributed by atoms with Crippen LogP contribution in [-0.2, 0) is 4.74 Å². The van der Waals surface area contributed by atoms with E-state index in [1.54, 1.807) is 0 Å². The first-order chi connectivity index (χ1) is 7.72. The van der Waals surface area contributed by atoms with Crippen LogP contribution in [-0.4, -0.2) is 19.6 Å². The molecule has 1 N–H and O–H groups in total. The molecule has 16 heavy (non-hydrogen) atoms. The number of benzene rings is 1. The zero-order chi connectivity index (χ0) is 11.5. The van der Waals surface area contributed by atoms with Crippen LogP contribution in [0.25, 0.3) is 0 Å². The summed E-state index contributed by atoms with van der Waals surface area (Å²) in [6.45, 7) is 3.13. The van der Waals surface area contributed by atoms with Crippen LogP contribution >= 0.6 is 0 Å². The second-order valence-electron chi connectivity index (χ2n) is 4.21. The Morgan fingerprint density at radius 2 is 2.31 bits per heavy atom. The third-order valence-electron chi connectivity index (χ3n) is 3.13. The van der Waals surface area contributed by atoms with E-state index < -0.39 is 0 Å². The lowest BCUT2D eigenvalue weighted by Gasteiger charge is -2.14. The van der Waals surface area contributed by atoms with Gasteiger partial charge in [0.25, 0.3) is 0 Å². The van der Waals surface area contributed by atoms with Gasteiger partial charge in [-0.05, 0) is 49.6 Å². The third-order valence-corrected chi connectivity index (χ3v) is 3.13. The molecular formula is C13H17NO2. The van der Waals surface area contributed by atoms with Crippen LogP contribution in [0.5, 0.6) is 0 Å². The number of carbonyl (C=O) groups excluding carboxylic acids is 1. The van der Waals surface area contributed by atoms with Crippen LogP contribution in [0, 0.1) is 6.92 Å². The van der Waals surface area contributed by atoms with Gasteiger partial charge >= 0.3 is 5.97 Å². The molecule has 1 saturated heterocycles. The average Bonchev–Trinajstić information content (AvgIpc) is 2.81. The van der Waals surface area contributed by atoms with Crippen molar-refractivity contribution < 1.29 is 9.53 Å². The predicted octanol–water partition coefficient (Wildman–Crippen LogP) is 2.21. The van der Waals surface area contributed by atoms with Gasteiger partial charge in [0, 0.05) is 6.04 Å². The summed E-state index contributed by atoms with van der Waals surface area (Å²) in [5, 5.41) is 3.46. The van der Waals surface area contributed by atoms with Gasteiger partial charge < -0.3 is 10.1 Å². The van der Waals surface area contributed by atoms with Gasteiger partial charge in [-0.25, -0.2) is 4.79 Å². The molecule has 1 atom stereocenters. The fourth-order valence-electron chi connectivity index (χ4n) is 2.26. The van der Waals surface area contributed by atoms with Gasteiger partial charge in [-0.2, -0.15) is 0 Å². The smallest absolute Gasteiger partial charge is 0.337 e. The summed E-state index contributed by atoms with van der Waals surface area (Å²) >= 11 is 0. The Balaban J connectivity index is 2.25. The third kappa shape index (κ3) is 2.09. The van der Waals surface area contributed by atoms with Crippen molar-refractivity contribution in [3.63, 3.8) is 0 Å². The minimum Gasteiger partial charge on any atom is -0.465 e. The standard InChI is InChI=1S/C13H17NO2/c1-9-8-10(13(15)16-2)5-6-11(9)12-4-3-7-14-12/h5-6,8,12,14H,3-4,7H2,1-2H3/t12-/m1/s1. The molecule has 1 fully saturated rings. The first kappa shape index (κ1) is 11.1. The first-order valence-electron chi connectivity index (χ1n) is 5.64. The molecule has 1 aromatic rings. The predicted molar refractivity (Wildman–Crippen MR) is 62.5 cm³/mol. The van der Waals surface area contributed by atoms with E-state index in [1.165, 1.54) is 25.5 Å². The average molecular weight is 219 g/mol. The number of hydrogen-bond donors (Lipinski definition) is 1. The van der Waals surface area contributed by atoms with Crippen molar-refractivity contribution in [2.75, 3.05) is 13.7 Å². The SMILES string of the molecule is COC(=O)c1ccc([C@H]2CCCN2)c(C)c1. The molecule has 1 aromatic carbocycles. The maximum Gasteiger partial charge on any atom is 0.337 e. The molecule has 0 amide bonds. The number of esters is 1. The number of hydrogen-bond acceptors (Lipinski definition) is 3. The highest BCUT2D eigenvalue weighted by atomic mass is 16.5. The van der Waals surface area contributed by atoms with E-state index >= 15 is 0 Å². The van der Waals surface area contributed by atoms with E-state index in [4.69, 9.17) is 4.74 Å². The number of carbonyl (C=O) groups is 1. The summed E-state index contributed by atoms with van der Waals surface area (Å²) in [7, 11) is 1.41. The second kappa shape index (κ2) is 4.66. The van der Waals surface area contributed by atoms with Gasteiger partial charge in [0.15, 0.2) is 0 Å². The summed E-state index contributed by atoms with van der Waals surface area (Å²) < 4.78 is 4.70. The zero-order valence-corrected chi connectivity index (χ0v) is 9.75. The van der Waals surface area contributed by atoms with Gasteiger partial charge in [-0.3, -0.25) is 0 Å². The van der Waals surface area contributed by atoms with Crippen molar-refractivity contribution in [2.24, 2.45) is 0 Å². The Kier molecular flexibility index (Phi) is 3.25. The maximum absolute atomic E-state index is 11.4. The van der Waals surface area contributed by atoms with Crippen LogP contribution in [0.1, 0.15) is 40.4 Å². The lowest BCUT2D eigenvalue weighted by atomic mass is 9.98. The molecule has 0 aromatic heterocycles. The summed E-state index contributed by atoms with van der Waals surface area (Å²) in [6.07, 6.45) is 2.40. The van der Waals surface area contributed by atoms with Crippen molar-refractivity contribution in [1.82, 2.24) is 5.32 Å². The normalized spacial score (nSPS) is 19.8. The molecule has 0 aliphatic carbocycles. The van der Waals surface area contributed by atoms with E-state index in [0.29, 0.717) is 11.6 Å². The molecule has 2 rings (SSSR count). The summed E-state index contributed by atoms with van der Waals surface area (Å²) in [4.78, 5) is 11.4. The highest BCUT2D eigenvalue weighted by Crippen LogP contribution is 2.26. The first-order valence-corrected chi connectivity index (χ1v) is 5.64. The van der Waals surface area contributed by atoms with Crippen molar-refractivity contribution in [1.29, 1.82) is 0 Å². The lowest BCUT2D eigenvalue weighted by molar-refractivity contribution is 0.0600. The molecule has 0 unspecified atom stereocenters. The molecule has 0 spiro atoms. The van der Waals surface area contributed by atoms with Gasteiger partial charge in [-0.15, -0.1) is 0 Å². The lowest BCUT2D eigenvalue weighted by Crippen LogP contribution is -2.14. The molecule has 0 saturated carbocycles. The van der Waals surface area contributed by atoms with Crippen molar-refractivity contribution >= 4 is 5.97 Å². The summed E-state index contributed by atoms with van der Waals surface area (Å²) in [5.74, 6) is -0.269. The minimum absolute atomic E-state index is 0.269. The molecule has 0 radical (unpaired) electrons. The van der Waals surface area contributed by atoms with Crippen LogP contribution in [0.2, 0.25) is 0 Å². The molecule has 3 nitrogen and oxygen atoms in total.